The molecule has 0 aromatic heterocycles. The van der Waals surface area contributed by atoms with Crippen LogP contribution in [0.15, 0.2) is 0 Å². The van der Waals surface area contributed by atoms with E-state index in [2.05, 4.69) is 43.1 Å². The third-order valence-electron chi connectivity index (χ3n) is 6.82. The molecule has 3 nitrogen and oxygen atoms in total. The number of rotatable bonds is 3. The van der Waals surface area contributed by atoms with Gasteiger partial charge in [-0.25, -0.2) is 0 Å². The van der Waals surface area contributed by atoms with Gasteiger partial charge < -0.3 is 5.32 Å². The lowest BCUT2D eigenvalue weighted by molar-refractivity contribution is 0.0781. The third kappa shape index (κ3) is 3.16. The molecule has 3 aliphatic rings. The molecule has 0 amide bonds. The SMILES string of the molecule is CNC1CCC(C(C)C)CC1N1CCC2CCC(C1)N2C. The van der Waals surface area contributed by atoms with Crippen molar-refractivity contribution in [3.8, 4) is 0 Å². The smallest absolute Gasteiger partial charge is 0.0252 e. The zero-order valence-electron chi connectivity index (χ0n) is 14.5. The fourth-order valence-electron chi connectivity index (χ4n) is 5.16. The molecule has 0 spiro atoms. The lowest BCUT2D eigenvalue weighted by Gasteiger charge is -2.44. The standard InChI is InChI=1S/C18H35N3/c1-13(2)14-5-8-17(19-3)18(11-14)21-10-9-15-6-7-16(12-21)20(15)4/h13-19H,5-12H2,1-4H3. The predicted molar refractivity (Wildman–Crippen MR) is 89.6 cm³/mol. The number of fused-ring (bicyclic) bond motifs is 2. The third-order valence-corrected chi connectivity index (χ3v) is 6.82. The van der Waals surface area contributed by atoms with Gasteiger partial charge in [0.2, 0.25) is 0 Å². The van der Waals surface area contributed by atoms with E-state index >= 15 is 0 Å². The Labute approximate surface area is 131 Å². The molecule has 3 rings (SSSR count). The Kier molecular flexibility index (Phi) is 4.92. The van der Waals surface area contributed by atoms with Crippen LogP contribution < -0.4 is 5.32 Å². The minimum absolute atomic E-state index is 0.710. The molecule has 122 valence electrons. The van der Waals surface area contributed by atoms with Crippen molar-refractivity contribution < 1.29 is 0 Å². The molecule has 2 bridgehead atoms. The van der Waals surface area contributed by atoms with Gasteiger partial charge in [0.15, 0.2) is 0 Å². The van der Waals surface area contributed by atoms with E-state index in [4.69, 9.17) is 0 Å². The van der Waals surface area contributed by atoms with Crippen molar-refractivity contribution in [3.05, 3.63) is 0 Å². The zero-order chi connectivity index (χ0) is 15.0. The van der Waals surface area contributed by atoms with E-state index in [1.165, 1.54) is 51.6 Å². The van der Waals surface area contributed by atoms with E-state index in [1.54, 1.807) is 0 Å². The van der Waals surface area contributed by atoms with Gasteiger partial charge in [-0.2, -0.15) is 0 Å². The van der Waals surface area contributed by atoms with E-state index in [0.717, 1.165) is 30.0 Å². The summed E-state index contributed by atoms with van der Waals surface area (Å²) in [4.78, 5) is 5.53. The van der Waals surface area contributed by atoms with Gasteiger partial charge in [-0.1, -0.05) is 13.8 Å². The Morgan fingerprint density at radius 2 is 1.76 bits per heavy atom. The molecule has 5 unspecified atom stereocenters. The van der Waals surface area contributed by atoms with Gasteiger partial charge in [0.1, 0.15) is 0 Å². The zero-order valence-corrected chi connectivity index (χ0v) is 14.5. The van der Waals surface area contributed by atoms with Crippen LogP contribution >= 0.6 is 0 Å². The van der Waals surface area contributed by atoms with Crippen LogP contribution in [0.25, 0.3) is 0 Å². The molecule has 3 heteroatoms. The quantitative estimate of drug-likeness (QED) is 0.863. The summed E-state index contributed by atoms with van der Waals surface area (Å²) in [6.07, 6.45) is 8.42. The monoisotopic (exact) mass is 293 g/mol. The van der Waals surface area contributed by atoms with E-state index in [0.29, 0.717) is 6.04 Å². The van der Waals surface area contributed by atoms with E-state index in [9.17, 15) is 0 Å². The average Bonchev–Trinajstić information content (AvgIpc) is 2.71. The molecule has 2 aliphatic heterocycles. The van der Waals surface area contributed by atoms with E-state index in [-0.39, 0.29) is 0 Å². The summed E-state index contributed by atoms with van der Waals surface area (Å²) in [5.74, 6) is 1.77. The predicted octanol–water partition coefficient (Wildman–Crippen LogP) is 2.57. The van der Waals surface area contributed by atoms with Crippen LogP contribution in [0.2, 0.25) is 0 Å². The number of likely N-dealkylation sites (N-methyl/N-ethyl adjacent to an activating group) is 2. The molecule has 1 aliphatic carbocycles. The van der Waals surface area contributed by atoms with Crippen molar-refractivity contribution in [1.29, 1.82) is 0 Å². The van der Waals surface area contributed by atoms with Crippen LogP contribution in [0.4, 0.5) is 0 Å². The Morgan fingerprint density at radius 1 is 1.00 bits per heavy atom. The summed E-state index contributed by atoms with van der Waals surface area (Å²) in [6, 6.07) is 3.15. The van der Waals surface area contributed by atoms with Crippen molar-refractivity contribution >= 4 is 0 Å². The molecule has 2 saturated heterocycles. The first-order valence-electron chi connectivity index (χ1n) is 9.23. The largest absolute Gasteiger partial charge is 0.315 e. The van der Waals surface area contributed by atoms with Crippen molar-refractivity contribution in [1.82, 2.24) is 15.1 Å². The topological polar surface area (TPSA) is 18.5 Å². The second kappa shape index (κ2) is 6.55. The molecule has 3 fully saturated rings. The van der Waals surface area contributed by atoms with Crippen LogP contribution in [0.5, 0.6) is 0 Å². The highest BCUT2D eigenvalue weighted by atomic mass is 15.3. The number of nitrogens with one attached hydrogen (secondary N) is 1. The summed E-state index contributed by atoms with van der Waals surface area (Å²) in [5.41, 5.74) is 0. The van der Waals surface area contributed by atoms with Gasteiger partial charge in [-0.05, 0) is 64.5 Å². The van der Waals surface area contributed by atoms with E-state index < -0.39 is 0 Å². The number of nitrogens with zero attached hydrogens (tertiary/aromatic N) is 2. The maximum absolute atomic E-state index is 3.63. The second-order valence-corrected chi connectivity index (χ2v) is 8.11. The molecule has 1 N–H and O–H groups in total. The maximum atomic E-state index is 3.63. The lowest BCUT2D eigenvalue weighted by Crippen LogP contribution is -2.54. The Balaban J connectivity index is 1.70. The summed E-state index contributed by atoms with van der Waals surface area (Å²) < 4.78 is 0. The Morgan fingerprint density at radius 3 is 2.48 bits per heavy atom. The molecule has 0 aromatic carbocycles. The first-order chi connectivity index (χ1) is 10.1. The molecular formula is C18H35N3. The summed E-state index contributed by atoms with van der Waals surface area (Å²) in [6.45, 7) is 7.46. The average molecular weight is 293 g/mol. The Bertz CT molecular complexity index is 343. The normalized spacial score (nSPS) is 42.4. The molecule has 5 atom stereocenters. The van der Waals surface area contributed by atoms with Crippen LogP contribution in [-0.2, 0) is 0 Å². The number of hydrogen-bond donors (Lipinski definition) is 1. The van der Waals surface area contributed by atoms with Crippen LogP contribution in [0, 0.1) is 11.8 Å². The fourth-order valence-corrected chi connectivity index (χ4v) is 5.16. The van der Waals surface area contributed by atoms with Crippen LogP contribution in [-0.4, -0.2) is 61.2 Å². The number of hydrogen-bond acceptors (Lipinski definition) is 3. The van der Waals surface area contributed by atoms with Gasteiger partial charge >= 0.3 is 0 Å². The first-order valence-corrected chi connectivity index (χ1v) is 9.23. The molecule has 21 heavy (non-hydrogen) atoms. The van der Waals surface area contributed by atoms with Gasteiger partial charge in [-0.15, -0.1) is 0 Å². The second-order valence-electron chi connectivity index (χ2n) is 8.11. The number of likely N-dealkylation sites (tertiary alicyclic amines) is 1. The van der Waals surface area contributed by atoms with Crippen LogP contribution in [0.3, 0.4) is 0 Å². The minimum atomic E-state index is 0.710. The van der Waals surface area contributed by atoms with Gasteiger partial charge in [0.05, 0.1) is 0 Å². The molecule has 0 radical (unpaired) electrons. The summed E-state index contributed by atoms with van der Waals surface area (Å²) in [5, 5.41) is 3.63. The van der Waals surface area contributed by atoms with Gasteiger partial charge in [0.25, 0.3) is 0 Å². The van der Waals surface area contributed by atoms with E-state index in [1.807, 2.05) is 0 Å². The lowest BCUT2D eigenvalue weighted by atomic mass is 9.76. The fraction of sp³-hybridized carbons (Fsp3) is 1.00. The highest BCUT2D eigenvalue weighted by Crippen LogP contribution is 2.36. The van der Waals surface area contributed by atoms with Crippen molar-refractivity contribution in [2.75, 3.05) is 27.2 Å². The van der Waals surface area contributed by atoms with Gasteiger partial charge in [-0.3, -0.25) is 9.80 Å². The van der Waals surface area contributed by atoms with Crippen molar-refractivity contribution in [2.45, 2.75) is 76.5 Å². The first kappa shape index (κ1) is 15.8. The highest BCUT2D eigenvalue weighted by Gasteiger charge is 2.40. The van der Waals surface area contributed by atoms with Gasteiger partial charge in [0, 0.05) is 37.3 Å². The van der Waals surface area contributed by atoms with Crippen molar-refractivity contribution in [2.24, 2.45) is 11.8 Å². The molecule has 0 aromatic rings. The maximum Gasteiger partial charge on any atom is 0.0252 e. The molecular weight excluding hydrogens is 258 g/mol. The molecule has 2 heterocycles. The highest BCUT2D eigenvalue weighted by molar-refractivity contribution is 4.97. The van der Waals surface area contributed by atoms with Crippen LogP contribution in [0.1, 0.15) is 52.4 Å². The summed E-state index contributed by atoms with van der Waals surface area (Å²) in [7, 11) is 4.53. The summed E-state index contributed by atoms with van der Waals surface area (Å²) >= 11 is 0. The van der Waals surface area contributed by atoms with Crippen molar-refractivity contribution in [3.63, 3.8) is 0 Å². The minimum Gasteiger partial charge on any atom is -0.315 e. The molecule has 1 saturated carbocycles. The Hall–Kier alpha value is -0.120.